The summed E-state index contributed by atoms with van der Waals surface area (Å²) in [5, 5.41) is 0.694. The maximum absolute atomic E-state index is 11.5. The van der Waals surface area contributed by atoms with Gasteiger partial charge in [0.1, 0.15) is 0 Å². The summed E-state index contributed by atoms with van der Waals surface area (Å²) in [4.78, 5) is 13.1. The predicted octanol–water partition coefficient (Wildman–Crippen LogP) is 1.65. The second kappa shape index (κ2) is 5.14. The molecule has 0 aliphatic heterocycles. The maximum Gasteiger partial charge on any atom is 0.239 e. The normalized spacial score (nSPS) is 12.3. The predicted molar refractivity (Wildman–Crippen MR) is 61.6 cm³/mol. The SMILES string of the molecule is C[C@@H](N)C(=O)N(C)Cc1ccc(Cl)cc1. The van der Waals surface area contributed by atoms with Crippen molar-refractivity contribution in [3.63, 3.8) is 0 Å². The fraction of sp³-hybridized carbons (Fsp3) is 0.364. The molecule has 1 rings (SSSR count). The lowest BCUT2D eigenvalue weighted by Gasteiger charge is -2.19. The maximum atomic E-state index is 11.5. The molecule has 0 fully saturated rings. The highest BCUT2D eigenvalue weighted by atomic mass is 35.5. The van der Waals surface area contributed by atoms with Crippen molar-refractivity contribution >= 4 is 17.5 Å². The Morgan fingerprint density at radius 2 is 2.00 bits per heavy atom. The number of benzene rings is 1. The minimum atomic E-state index is -0.456. The minimum Gasteiger partial charge on any atom is -0.340 e. The minimum absolute atomic E-state index is 0.0649. The first kappa shape index (κ1) is 12.0. The van der Waals surface area contributed by atoms with Crippen LogP contribution in [-0.4, -0.2) is 23.9 Å². The quantitative estimate of drug-likeness (QED) is 0.852. The van der Waals surface area contributed by atoms with Crippen LogP contribution in [0, 0.1) is 0 Å². The van der Waals surface area contributed by atoms with Crippen LogP contribution in [0.2, 0.25) is 5.02 Å². The van der Waals surface area contributed by atoms with E-state index < -0.39 is 6.04 Å². The molecule has 1 aromatic carbocycles. The van der Waals surface area contributed by atoms with Crippen LogP contribution in [-0.2, 0) is 11.3 Å². The van der Waals surface area contributed by atoms with Gasteiger partial charge in [0.2, 0.25) is 5.91 Å². The molecule has 82 valence electrons. The van der Waals surface area contributed by atoms with E-state index in [1.165, 1.54) is 0 Å². The van der Waals surface area contributed by atoms with E-state index in [1.807, 2.05) is 12.1 Å². The molecule has 1 aromatic rings. The molecule has 0 saturated carbocycles. The first-order chi connectivity index (χ1) is 7.00. The lowest BCUT2D eigenvalue weighted by molar-refractivity contribution is -0.131. The van der Waals surface area contributed by atoms with Crippen LogP contribution < -0.4 is 5.73 Å². The van der Waals surface area contributed by atoms with E-state index in [4.69, 9.17) is 17.3 Å². The highest BCUT2D eigenvalue weighted by molar-refractivity contribution is 6.30. The first-order valence-electron chi connectivity index (χ1n) is 4.75. The van der Waals surface area contributed by atoms with Gasteiger partial charge in [0.25, 0.3) is 0 Å². The van der Waals surface area contributed by atoms with Crippen molar-refractivity contribution < 1.29 is 4.79 Å². The fourth-order valence-electron chi connectivity index (χ4n) is 1.29. The van der Waals surface area contributed by atoms with Crippen molar-refractivity contribution in [3.05, 3.63) is 34.9 Å². The molecule has 0 aliphatic rings. The van der Waals surface area contributed by atoms with Gasteiger partial charge in [-0.3, -0.25) is 4.79 Å². The number of carbonyl (C=O) groups excluding carboxylic acids is 1. The summed E-state index contributed by atoms with van der Waals surface area (Å²) in [6, 6.07) is 6.95. The van der Waals surface area contributed by atoms with Crippen LogP contribution in [0.4, 0.5) is 0 Å². The smallest absolute Gasteiger partial charge is 0.239 e. The molecule has 1 atom stereocenters. The summed E-state index contributed by atoms with van der Waals surface area (Å²) in [6.45, 7) is 2.23. The van der Waals surface area contributed by atoms with Crippen molar-refractivity contribution in [3.8, 4) is 0 Å². The molecule has 15 heavy (non-hydrogen) atoms. The topological polar surface area (TPSA) is 46.3 Å². The Bertz CT molecular complexity index is 335. The molecule has 0 aliphatic carbocycles. The number of likely N-dealkylation sites (N-methyl/N-ethyl adjacent to an activating group) is 1. The molecule has 2 N–H and O–H groups in total. The van der Waals surface area contributed by atoms with Crippen molar-refractivity contribution in [2.24, 2.45) is 5.73 Å². The summed E-state index contributed by atoms with van der Waals surface area (Å²) < 4.78 is 0. The summed E-state index contributed by atoms with van der Waals surface area (Å²) >= 11 is 5.76. The highest BCUT2D eigenvalue weighted by Gasteiger charge is 2.13. The Kier molecular flexibility index (Phi) is 4.12. The van der Waals surface area contributed by atoms with Gasteiger partial charge in [0, 0.05) is 18.6 Å². The van der Waals surface area contributed by atoms with Gasteiger partial charge in [0.05, 0.1) is 6.04 Å². The standard InChI is InChI=1S/C11H15ClN2O/c1-8(13)11(15)14(2)7-9-3-5-10(12)6-4-9/h3-6,8H,7,13H2,1-2H3/t8-/m1/s1. The monoisotopic (exact) mass is 226 g/mol. The third kappa shape index (κ3) is 3.53. The molecule has 0 saturated heterocycles. The molecule has 0 heterocycles. The fourth-order valence-corrected chi connectivity index (χ4v) is 1.42. The average Bonchev–Trinajstić information content (AvgIpc) is 2.20. The van der Waals surface area contributed by atoms with E-state index in [1.54, 1.807) is 31.0 Å². The van der Waals surface area contributed by atoms with Crippen LogP contribution in [0.3, 0.4) is 0 Å². The van der Waals surface area contributed by atoms with Crippen LogP contribution >= 0.6 is 11.6 Å². The summed E-state index contributed by atoms with van der Waals surface area (Å²) in [7, 11) is 1.74. The molecule has 4 heteroatoms. The second-order valence-corrected chi connectivity index (χ2v) is 4.05. The molecule has 0 bridgehead atoms. The highest BCUT2D eigenvalue weighted by Crippen LogP contribution is 2.11. The largest absolute Gasteiger partial charge is 0.340 e. The van der Waals surface area contributed by atoms with E-state index in [9.17, 15) is 4.79 Å². The van der Waals surface area contributed by atoms with Gasteiger partial charge in [-0.25, -0.2) is 0 Å². The van der Waals surface area contributed by atoms with Gasteiger partial charge in [0.15, 0.2) is 0 Å². The molecule has 0 radical (unpaired) electrons. The van der Waals surface area contributed by atoms with Crippen molar-refractivity contribution in [2.75, 3.05) is 7.05 Å². The Labute approximate surface area is 94.8 Å². The Balaban J connectivity index is 2.62. The number of rotatable bonds is 3. The summed E-state index contributed by atoms with van der Waals surface area (Å²) in [5.74, 6) is -0.0649. The average molecular weight is 227 g/mol. The number of nitrogens with two attached hydrogens (primary N) is 1. The number of hydrogen-bond acceptors (Lipinski definition) is 2. The molecular formula is C11H15ClN2O. The van der Waals surface area contributed by atoms with E-state index in [0.29, 0.717) is 11.6 Å². The van der Waals surface area contributed by atoms with Gasteiger partial charge in [-0.1, -0.05) is 23.7 Å². The first-order valence-corrected chi connectivity index (χ1v) is 5.13. The van der Waals surface area contributed by atoms with E-state index in [-0.39, 0.29) is 5.91 Å². The van der Waals surface area contributed by atoms with Gasteiger partial charge in [-0.2, -0.15) is 0 Å². The molecular weight excluding hydrogens is 212 g/mol. The van der Waals surface area contributed by atoms with Crippen molar-refractivity contribution in [1.29, 1.82) is 0 Å². The van der Waals surface area contributed by atoms with Crippen LogP contribution in [0.1, 0.15) is 12.5 Å². The molecule has 0 unspecified atom stereocenters. The Morgan fingerprint density at radius 3 is 2.47 bits per heavy atom. The Morgan fingerprint density at radius 1 is 1.47 bits per heavy atom. The van der Waals surface area contributed by atoms with Crippen molar-refractivity contribution in [2.45, 2.75) is 19.5 Å². The van der Waals surface area contributed by atoms with E-state index >= 15 is 0 Å². The van der Waals surface area contributed by atoms with Crippen LogP contribution in [0.15, 0.2) is 24.3 Å². The van der Waals surface area contributed by atoms with E-state index in [2.05, 4.69) is 0 Å². The number of hydrogen-bond donors (Lipinski definition) is 1. The lowest BCUT2D eigenvalue weighted by Crippen LogP contribution is -2.39. The third-order valence-corrected chi connectivity index (χ3v) is 2.35. The van der Waals surface area contributed by atoms with Crippen LogP contribution in [0.5, 0.6) is 0 Å². The summed E-state index contributed by atoms with van der Waals surface area (Å²) in [5.41, 5.74) is 6.54. The zero-order valence-electron chi connectivity index (χ0n) is 8.90. The third-order valence-electron chi connectivity index (χ3n) is 2.10. The molecule has 1 amide bonds. The summed E-state index contributed by atoms with van der Waals surface area (Å²) in [6.07, 6.45) is 0. The van der Waals surface area contributed by atoms with E-state index in [0.717, 1.165) is 5.56 Å². The van der Waals surface area contributed by atoms with Gasteiger partial charge >= 0.3 is 0 Å². The second-order valence-electron chi connectivity index (χ2n) is 3.61. The molecule has 3 nitrogen and oxygen atoms in total. The van der Waals surface area contributed by atoms with Gasteiger partial charge < -0.3 is 10.6 Å². The van der Waals surface area contributed by atoms with Crippen LogP contribution in [0.25, 0.3) is 0 Å². The number of nitrogens with zero attached hydrogens (tertiary/aromatic N) is 1. The number of halogens is 1. The lowest BCUT2D eigenvalue weighted by atomic mass is 10.2. The van der Waals surface area contributed by atoms with Crippen molar-refractivity contribution in [1.82, 2.24) is 4.90 Å². The number of carbonyl (C=O) groups is 1. The van der Waals surface area contributed by atoms with Gasteiger partial charge in [-0.05, 0) is 24.6 Å². The zero-order valence-corrected chi connectivity index (χ0v) is 9.66. The Hall–Kier alpha value is -1.06. The van der Waals surface area contributed by atoms with Gasteiger partial charge in [-0.15, -0.1) is 0 Å². The number of amides is 1. The molecule has 0 spiro atoms. The zero-order chi connectivity index (χ0) is 11.4. The molecule has 0 aromatic heterocycles.